The molecule has 3 heteroatoms. The van der Waals surface area contributed by atoms with Gasteiger partial charge in [-0.2, -0.15) is 0 Å². The van der Waals surface area contributed by atoms with Crippen molar-refractivity contribution in [1.82, 2.24) is 0 Å². The van der Waals surface area contributed by atoms with Gasteiger partial charge in [0.25, 0.3) is 0 Å². The molecular weight excluding hydrogens is 178 g/mol. The van der Waals surface area contributed by atoms with Crippen molar-refractivity contribution in [3.8, 4) is 0 Å². The lowest BCUT2D eigenvalue weighted by Gasteiger charge is -2.13. The van der Waals surface area contributed by atoms with Crippen molar-refractivity contribution in [2.75, 3.05) is 6.61 Å². The molecule has 3 nitrogen and oxygen atoms in total. The molecule has 0 saturated carbocycles. The third kappa shape index (κ3) is 2.86. The molecule has 0 bridgehead atoms. The van der Waals surface area contributed by atoms with E-state index in [4.69, 9.17) is 14.9 Å². The summed E-state index contributed by atoms with van der Waals surface area (Å²) in [5.41, 5.74) is 7.02. The predicted octanol–water partition coefficient (Wildman–Crippen LogP) is 2.32. The fraction of sp³-hybridized carbons (Fsp3) is 0.636. The molecule has 0 fully saturated rings. The Kier molecular flexibility index (Phi) is 3.72. The zero-order valence-corrected chi connectivity index (χ0v) is 9.33. The van der Waals surface area contributed by atoms with E-state index in [1.165, 1.54) is 0 Å². The van der Waals surface area contributed by atoms with Gasteiger partial charge in [0.15, 0.2) is 0 Å². The summed E-state index contributed by atoms with van der Waals surface area (Å²) >= 11 is 0. The number of hydrogen-bond acceptors (Lipinski definition) is 3. The monoisotopic (exact) mass is 197 g/mol. The van der Waals surface area contributed by atoms with E-state index in [-0.39, 0.29) is 12.1 Å². The molecule has 2 N–H and O–H groups in total. The van der Waals surface area contributed by atoms with E-state index >= 15 is 0 Å². The molecule has 1 rings (SSSR count). The molecule has 0 aliphatic carbocycles. The molecule has 1 unspecified atom stereocenters. The first kappa shape index (κ1) is 11.3. The fourth-order valence-electron chi connectivity index (χ4n) is 1.40. The van der Waals surface area contributed by atoms with E-state index in [0.717, 1.165) is 17.1 Å². The van der Waals surface area contributed by atoms with Crippen molar-refractivity contribution >= 4 is 0 Å². The molecule has 1 atom stereocenters. The summed E-state index contributed by atoms with van der Waals surface area (Å²) in [7, 11) is 0. The van der Waals surface area contributed by atoms with Crippen LogP contribution in [0.2, 0.25) is 0 Å². The number of hydrogen-bond donors (Lipinski definition) is 1. The Morgan fingerprint density at radius 2 is 2.07 bits per heavy atom. The SMILES string of the molecule is Cc1cc(C(N)COC(C)C)c(C)o1. The summed E-state index contributed by atoms with van der Waals surface area (Å²) in [5.74, 6) is 1.79. The summed E-state index contributed by atoms with van der Waals surface area (Å²) in [6.45, 7) is 8.39. The maximum absolute atomic E-state index is 5.97. The van der Waals surface area contributed by atoms with Crippen LogP contribution in [0.15, 0.2) is 10.5 Å². The Hall–Kier alpha value is -0.800. The van der Waals surface area contributed by atoms with Gasteiger partial charge >= 0.3 is 0 Å². The molecule has 0 aliphatic heterocycles. The van der Waals surface area contributed by atoms with Crippen LogP contribution in [0.1, 0.15) is 37.0 Å². The van der Waals surface area contributed by atoms with E-state index < -0.39 is 0 Å². The molecule has 0 radical (unpaired) electrons. The van der Waals surface area contributed by atoms with Crippen LogP contribution in [-0.2, 0) is 4.74 Å². The lowest BCUT2D eigenvalue weighted by Crippen LogP contribution is -2.19. The Balaban J connectivity index is 2.60. The van der Waals surface area contributed by atoms with Gasteiger partial charge in [-0.15, -0.1) is 0 Å². The van der Waals surface area contributed by atoms with Gasteiger partial charge in [-0.3, -0.25) is 0 Å². The Bertz CT molecular complexity index is 291. The van der Waals surface area contributed by atoms with Crippen molar-refractivity contribution < 1.29 is 9.15 Å². The molecule has 0 aliphatic rings. The van der Waals surface area contributed by atoms with Crippen molar-refractivity contribution in [3.05, 3.63) is 23.2 Å². The zero-order valence-electron chi connectivity index (χ0n) is 9.33. The molecular formula is C11H19NO2. The second-order valence-electron chi connectivity index (χ2n) is 3.86. The van der Waals surface area contributed by atoms with Gasteiger partial charge < -0.3 is 14.9 Å². The highest BCUT2D eigenvalue weighted by Crippen LogP contribution is 2.20. The molecule has 0 amide bonds. The van der Waals surface area contributed by atoms with Gasteiger partial charge in [-0.1, -0.05) is 0 Å². The van der Waals surface area contributed by atoms with E-state index in [9.17, 15) is 0 Å². The van der Waals surface area contributed by atoms with E-state index in [2.05, 4.69) is 0 Å². The summed E-state index contributed by atoms with van der Waals surface area (Å²) in [4.78, 5) is 0. The minimum Gasteiger partial charge on any atom is -0.466 e. The Morgan fingerprint density at radius 1 is 1.43 bits per heavy atom. The second kappa shape index (κ2) is 4.62. The number of furan rings is 1. The smallest absolute Gasteiger partial charge is 0.105 e. The highest BCUT2D eigenvalue weighted by Gasteiger charge is 2.13. The first-order chi connectivity index (χ1) is 6.50. The standard InChI is InChI=1S/C11H19NO2/c1-7(2)13-6-11(12)10-5-8(3)14-9(10)4/h5,7,11H,6,12H2,1-4H3. The van der Waals surface area contributed by atoms with Gasteiger partial charge in [0.05, 0.1) is 18.8 Å². The maximum atomic E-state index is 5.97. The van der Waals surface area contributed by atoms with Gasteiger partial charge in [0, 0.05) is 5.56 Å². The number of ether oxygens (including phenoxy) is 1. The average molecular weight is 197 g/mol. The number of rotatable bonds is 4. The van der Waals surface area contributed by atoms with Gasteiger partial charge in [-0.25, -0.2) is 0 Å². The lowest BCUT2D eigenvalue weighted by molar-refractivity contribution is 0.0680. The van der Waals surface area contributed by atoms with Gasteiger partial charge in [-0.05, 0) is 33.8 Å². The Morgan fingerprint density at radius 3 is 2.50 bits per heavy atom. The van der Waals surface area contributed by atoms with Gasteiger partial charge in [0.2, 0.25) is 0 Å². The van der Waals surface area contributed by atoms with Gasteiger partial charge in [0.1, 0.15) is 11.5 Å². The quantitative estimate of drug-likeness (QED) is 0.805. The zero-order chi connectivity index (χ0) is 10.7. The van der Waals surface area contributed by atoms with Crippen LogP contribution < -0.4 is 5.73 Å². The summed E-state index contributed by atoms with van der Waals surface area (Å²) in [6, 6.07) is 1.89. The molecule has 0 spiro atoms. The van der Waals surface area contributed by atoms with Crippen LogP contribution in [0.4, 0.5) is 0 Å². The van der Waals surface area contributed by atoms with Crippen LogP contribution in [0.25, 0.3) is 0 Å². The average Bonchev–Trinajstić information content (AvgIpc) is 2.41. The molecule has 0 aromatic carbocycles. The van der Waals surface area contributed by atoms with Crippen LogP contribution in [0, 0.1) is 13.8 Å². The largest absolute Gasteiger partial charge is 0.466 e. The minimum absolute atomic E-state index is 0.0881. The van der Waals surface area contributed by atoms with E-state index in [0.29, 0.717) is 6.61 Å². The molecule has 80 valence electrons. The van der Waals surface area contributed by atoms with Crippen LogP contribution in [-0.4, -0.2) is 12.7 Å². The predicted molar refractivity (Wildman–Crippen MR) is 56.2 cm³/mol. The highest BCUT2D eigenvalue weighted by molar-refractivity contribution is 5.23. The third-order valence-electron chi connectivity index (χ3n) is 2.09. The molecule has 0 saturated heterocycles. The van der Waals surface area contributed by atoms with Crippen LogP contribution in [0.5, 0.6) is 0 Å². The van der Waals surface area contributed by atoms with E-state index in [1.54, 1.807) is 0 Å². The van der Waals surface area contributed by atoms with Crippen molar-refractivity contribution in [1.29, 1.82) is 0 Å². The maximum Gasteiger partial charge on any atom is 0.105 e. The number of aryl methyl sites for hydroxylation is 2. The molecule has 1 aromatic rings. The van der Waals surface area contributed by atoms with E-state index in [1.807, 2.05) is 33.8 Å². The van der Waals surface area contributed by atoms with Crippen molar-refractivity contribution in [3.63, 3.8) is 0 Å². The minimum atomic E-state index is -0.0881. The van der Waals surface area contributed by atoms with Crippen LogP contribution in [0.3, 0.4) is 0 Å². The third-order valence-corrected chi connectivity index (χ3v) is 2.09. The summed E-state index contributed by atoms with van der Waals surface area (Å²) in [6.07, 6.45) is 0.217. The molecule has 14 heavy (non-hydrogen) atoms. The normalized spacial score (nSPS) is 13.6. The topological polar surface area (TPSA) is 48.4 Å². The summed E-state index contributed by atoms with van der Waals surface area (Å²) < 4.78 is 10.9. The first-order valence-electron chi connectivity index (χ1n) is 4.94. The van der Waals surface area contributed by atoms with Crippen molar-refractivity contribution in [2.45, 2.75) is 39.8 Å². The number of nitrogens with two attached hydrogens (primary N) is 1. The Labute approximate surface area is 85.2 Å². The lowest BCUT2D eigenvalue weighted by atomic mass is 10.1. The van der Waals surface area contributed by atoms with Crippen molar-refractivity contribution in [2.24, 2.45) is 5.73 Å². The fourth-order valence-corrected chi connectivity index (χ4v) is 1.40. The molecule has 1 aromatic heterocycles. The van der Waals surface area contributed by atoms with Crippen LogP contribution >= 0.6 is 0 Å². The highest BCUT2D eigenvalue weighted by atomic mass is 16.5. The first-order valence-corrected chi connectivity index (χ1v) is 4.94. The molecule has 1 heterocycles. The second-order valence-corrected chi connectivity index (χ2v) is 3.86. The summed E-state index contributed by atoms with van der Waals surface area (Å²) in [5, 5.41) is 0.